The molecule has 0 radical (unpaired) electrons. The maximum absolute atomic E-state index is 14.3. The number of sulfonamides is 1. The largest absolute Gasteiger partial charge is 0.497 e. The summed E-state index contributed by atoms with van der Waals surface area (Å²) >= 11 is 0. The van der Waals surface area contributed by atoms with Gasteiger partial charge in [0.2, 0.25) is 11.8 Å². The van der Waals surface area contributed by atoms with Gasteiger partial charge in [-0.15, -0.1) is 0 Å². The van der Waals surface area contributed by atoms with Crippen LogP contribution in [0.5, 0.6) is 5.75 Å². The zero-order valence-corrected chi connectivity index (χ0v) is 25.5. The van der Waals surface area contributed by atoms with Crippen LogP contribution in [0.1, 0.15) is 23.6 Å². The van der Waals surface area contributed by atoms with Crippen LogP contribution < -0.4 is 14.4 Å². The third kappa shape index (κ3) is 8.02. The second-order valence-corrected chi connectivity index (χ2v) is 12.0. The van der Waals surface area contributed by atoms with Gasteiger partial charge in [-0.25, -0.2) is 8.42 Å². The van der Waals surface area contributed by atoms with E-state index < -0.39 is 28.5 Å². The number of hydrogen-bond donors (Lipinski definition) is 1. The molecule has 2 amide bonds. The van der Waals surface area contributed by atoms with E-state index in [4.69, 9.17) is 4.74 Å². The molecule has 4 aromatic rings. The first-order chi connectivity index (χ1) is 20.7. The van der Waals surface area contributed by atoms with E-state index in [1.165, 1.54) is 24.1 Å². The van der Waals surface area contributed by atoms with Gasteiger partial charge < -0.3 is 15.0 Å². The van der Waals surface area contributed by atoms with Crippen molar-refractivity contribution in [1.82, 2.24) is 10.2 Å². The van der Waals surface area contributed by atoms with Crippen molar-refractivity contribution in [3.63, 3.8) is 0 Å². The van der Waals surface area contributed by atoms with Crippen molar-refractivity contribution in [3.8, 4) is 5.75 Å². The van der Waals surface area contributed by atoms with Crippen molar-refractivity contribution in [2.24, 2.45) is 0 Å². The van der Waals surface area contributed by atoms with E-state index in [2.05, 4.69) is 5.32 Å². The number of anilines is 1. The Labute approximate surface area is 254 Å². The van der Waals surface area contributed by atoms with E-state index in [1.807, 2.05) is 68.4 Å². The summed E-state index contributed by atoms with van der Waals surface area (Å²) in [7, 11) is -2.67. The smallest absolute Gasteiger partial charge is 0.264 e. The van der Waals surface area contributed by atoms with Crippen LogP contribution >= 0.6 is 0 Å². The number of para-hydroxylation sites is 1. The summed E-state index contributed by atoms with van der Waals surface area (Å²) in [6.45, 7) is 3.80. The number of aryl methyl sites for hydroxylation is 1. The van der Waals surface area contributed by atoms with Crippen LogP contribution in [0.2, 0.25) is 0 Å². The van der Waals surface area contributed by atoms with Crippen LogP contribution in [0.15, 0.2) is 114 Å². The Kier molecular flexibility index (Phi) is 10.6. The fourth-order valence-electron chi connectivity index (χ4n) is 4.73. The summed E-state index contributed by atoms with van der Waals surface area (Å²) in [6.07, 6.45) is 0.265. The minimum atomic E-state index is -4.17. The molecule has 4 aromatic carbocycles. The van der Waals surface area contributed by atoms with E-state index >= 15 is 0 Å². The Morgan fingerprint density at radius 1 is 0.814 bits per heavy atom. The zero-order chi connectivity index (χ0) is 30.8. The predicted molar refractivity (Wildman–Crippen MR) is 168 cm³/mol. The number of methoxy groups -OCH3 is 1. The first-order valence-electron chi connectivity index (χ1n) is 14.1. The zero-order valence-electron chi connectivity index (χ0n) is 24.6. The van der Waals surface area contributed by atoms with Crippen molar-refractivity contribution in [2.45, 2.75) is 37.8 Å². The molecule has 0 aromatic heterocycles. The van der Waals surface area contributed by atoms with Gasteiger partial charge in [-0.05, 0) is 61.4 Å². The Balaban J connectivity index is 1.77. The van der Waals surface area contributed by atoms with Crippen molar-refractivity contribution >= 4 is 27.5 Å². The molecule has 8 nitrogen and oxygen atoms in total. The quantitative estimate of drug-likeness (QED) is 0.234. The Bertz CT molecular complexity index is 1590. The maximum Gasteiger partial charge on any atom is 0.264 e. The number of carbonyl (C=O) groups excluding carboxylic acids is 2. The molecule has 0 saturated heterocycles. The number of benzene rings is 4. The van der Waals surface area contributed by atoms with E-state index in [0.29, 0.717) is 18.0 Å². The number of nitrogens with one attached hydrogen (secondary N) is 1. The van der Waals surface area contributed by atoms with Crippen LogP contribution in [0.3, 0.4) is 0 Å². The lowest BCUT2D eigenvalue weighted by atomic mass is 10.0. The lowest BCUT2D eigenvalue weighted by Gasteiger charge is -2.33. The minimum Gasteiger partial charge on any atom is -0.497 e. The summed E-state index contributed by atoms with van der Waals surface area (Å²) in [4.78, 5) is 29.4. The standard InChI is InChI=1S/C34H37N3O5S/c1-4-35-34(39)32(23-27-11-7-5-8-12-27)36(24-28-17-15-26(2)16-18-28)33(38)25-37(29-13-9-6-10-14-29)43(40,41)31-21-19-30(42-3)20-22-31/h5-22,32H,4,23-25H2,1-3H3,(H,35,39). The minimum absolute atomic E-state index is 0.0135. The molecule has 1 atom stereocenters. The van der Waals surface area contributed by atoms with Gasteiger partial charge in [-0.2, -0.15) is 0 Å². The van der Waals surface area contributed by atoms with Gasteiger partial charge in [0.1, 0.15) is 18.3 Å². The number of amides is 2. The highest BCUT2D eigenvalue weighted by atomic mass is 32.2. The van der Waals surface area contributed by atoms with Gasteiger partial charge in [-0.3, -0.25) is 13.9 Å². The number of hydrogen-bond acceptors (Lipinski definition) is 5. The molecule has 0 bridgehead atoms. The number of rotatable bonds is 13. The molecule has 1 unspecified atom stereocenters. The third-order valence-corrected chi connectivity index (χ3v) is 8.85. The van der Waals surface area contributed by atoms with Crippen LogP contribution in [0.25, 0.3) is 0 Å². The van der Waals surface area contributed by atoms with Gasteiger partial charge in [0, 0.05) is 19.5 Å². The van der Waals surface area contributed by atoms with Crippen LogP contribution in [-0.2, 0) is 32.6 Å². The molecule has 0 saturated carbocycles. The summed E-state index contributed by atoms with van der Waals surface area (Å²) in [5, 5.41) is 2.87. The number of ether oxygens (including phenoxy) is 1. The lowest BCUT2D eigenvalue weighted by molar-refractivity contribution is -0.140. The molecule has 0 aliphatic rings. The topological polar surface area (TPSA) is 96.0 Å². The van der Waals surface area contributed by atoms with Gasteiger partial charge in [0.15, 0.2) is 0 Å². The van der Waals surface area contributed by atoms with Gasteiger partial charge in [0.25, 0.3) is 10.0 Å². The first-order valence-corrected chi connectivity index (χ1v) is 15.6. The average Bonchev–Trinajstić information content (AvgIpc) is 3.03. The van der Waals surface area contributed by atoms with E-state index in [-0.39, 0.29) is 23.8 Å². The molecule has 4 rings (SSSR count). The highest BCUT2D eigenvalue weighted by molar-refractivity contribution is 7.92. The summed E-state index contributed by atoms with van der Waals surface area (Å²) < 4.78 is 34.3. The van der Waals surface area contributed by atoms with Crippen LogP contribution in [-0.4, -0.2) is 51.4 Å². The highest BCUT2D eigenvalue weighted by Gasteiger charge is 2.34. The normalized spacial score (nSPS) is 11.8. The van der Waals surface area contributed by atoms with E-state index in [9.17, 15) is 18.0 Å². The SMILES string of the molecule is CCNC(=O)C(Cc1ccccc1)N(Cc1ccc(C)cc1)C(=O)CN(c1ccccc1)S(=O)(=O)c1ccc(OC)cc1. The molecule has 0 heterocycles. The number of likely N-dealkylation sites (N-methyl/N-ethyl adjacent to an activating group) is 1. The van der Waals surface area contributed by atoms with Crippen molar-refractivity contribution in [1.29, 1.82) is 0 Å². The van der Waals surface area contributed by atoms with E-state index in [1.54, 1.807) is 42.5 Å². The molecular weight excluding hydrogens is 562 g/mol. The highest BCUT2D eigenvalue weighted by Crippen LogP contribution is 2.26. The number of carbonyl (C=O) groups is 2. The predicted octanol–water partition coefficient (Wildman–Crippen LogP) is 4.98. The van der Waals surface area contributed by atoms with Gasteiger partial charge in [0.05, 0.1) is 17.7 Å². The molecule has 9 heteroatoms. The van der Waals surface area contributed by atoms with E-state index in [0.717, 1.165) is 21.0 Å². The van der Waals surface area contributed by atoms with Crippen LogP contribution in [0, 0.1) is 6.92 Å². The lowest BCUT2D eigenvalue weighted by Crippen LogP contribution is -2.53. The molecule has 1 N–H and O–H groups in total. The average molecular weight is 600 g/mol. The molecule has 0 aliphatic carbocycles. The van der Waals surface area contributed by atoms with Crippen molar-refractivity contribution < 1.29 is 22.7 Å². The molecule has 43 heavy (non-hydrogen) atoms. The van der Waals surface area contributed by atoms with Gasteiger partial charge >= 0.3 is 0 Å². The first kappa shape index (κ1) is 31.3. The monoisotopic (exact) mass is 599 g/mol. The van der Waals surface area contributed by atoms with Crippen LogP contribution in [0.4, 0.5) is 5.69 Å². The second-order valence-electron chi connectivity index (χ2n) is 10.1. The molecule has 0 fully saturated rings. The summed E-state index contributed by atoms with van der Waals surface area (Å²) in [6, 6.07) is 30.8. The Hall–Kier alpha value is -4.63. The van der Waals surface area contributed by atoms with Crippen molar-refractivity contribution in [2.75, 3.05) is 24.5 Å². The summed E-state index contributed by atoms with van der Waals surface area (Å²) in [5.74, 6) is -0.305. The number of nitrogens with zero attached hydrogens (tertiary/aromatic N) is 2. The molecule has 0 aliphatic heterocycles. The summed E-state index contributed by atoms with van der Waals surface area (Å²) in [5.41, 5.74) is 3.10. The third-order valence-electron chi connectivity index (χ3n) is 7.07. The van der Waals surface area contributed by atoms with Crippen molar-refractivity contribution in [3.05, 3.63) is 126 Å². The Morgan fingerprint density at radius 3 is 2.00 bits per heavy atom. The Morgan fingerprint density at radius 2 is 1.42 bits per heavy atom. The fourth-order valence-corrected chi connectivity index (χ4v) is 6.15. The van der Waals surface area contributed by atoms with Gasteiger partial charge in [-0.1, -0.05) is 78.4 Å². The second kappa shape index (κ2) is 14.5. The molecular formula is C34H37N3O5S. The molecule has 224 valence electrons. The fraction of sp³-hybridized carbons (Fsp3) is 0.235. The maximum atomic E-state index is 14.3. The molecule has 0 spiro atoms.